The molecule has 0 aromatic heterocycles. The molecular formula is C12H17NO3. The standard InChI is InChI=1S/C12H17NO3/c1-12(2,3)13(15)8-9-7-10(16-4)5-6-11(9)14/h5-8,14H,1-4H3. The van der Waals surface area contributed by atoms with Crippen LogP contribution in [0.2, 0.25) is 0 Å². The van der Waals surface area contributed by atoms with Gasteiger partial charge in [0.2, 0.25) is 0 Å². The molecule has 88 valence electrons. The number of hydroxylamine groups is 1. The molecule has 1 N–H and O–H groups in total. The molecule has 0 radical (unpaired) electrons. The molecular weight excluding hydrogens is 206 g/mol. The molecule has 0 heterocycles. The number of hydrogen-bond donors (Lipinski definition) is 1. The second-order valence-corrected chi connectivity index (χ2v) is 4.55. The summed E-state index contributed by atoms with van der Waals surface area (Å²) >= 11 is 0. The molecule has 0 spiro atoms. The van der Waals surface area contributed by atoms with Crippen molar-refractivity contribution in [1.82, 2.24) is 0 Å². The number of hydrogen-bond acceptors (Lipinski definition) is 3. The van der Waals surface area contributed by atoms with Gasteiger partial charge in [-0.15, -0.1) is 0 Å². The molecule has 1 rings (SSSR count). The quantitative estimate of drug-likeness (QED) is 0.361. The van der Waals surface area contributed by atoms with Crippen molar-refractivity contribution < 1.29 is 14.6 Å². The molecule has 4 nitrogen and oxygen atoms in total. The SMILES string of the molecule is COc1ccc(O)c(C=[N+]([O-])C(C)(C)C)c1. The largest absolute Gasteiger partial charge is 0.623 e. The van der Waals surface area contributed by atoms with Gasteiger partial charge in [0.25, 0.3) is 0 Å². The van der Waals surface area contributed by atoms with Crippen LogP contribution in [0.15, 0.2) is 18.2 Å². The van der Waals surface area contributed by atoms with Gasteiger partial charge in [-0.1, -0.05) is 0 Å². The summed E-state index contributed by atoms with van der Waals surface area (Å²) in [7, 11) is 1.54. The number of nitrogens with zero attached hydrogens (tertiary/aromatic N) is 1. The lowest BCUT2D eigenvalue weighted by atomic mass is 10.1. The fourth-order valence-electron chi connectivity index (χ4n) is 1.08. The summed E-state index contributed by atoms with van der Waals surface area (Å²) in [4.78, 5) is 0. The van der Waals surface area contributed by atoms with Gasteiger partial charge in [0.1, 0.15) is 11.5 Å². The summed E-state index contributed by atoms with van der Waals surface area (Å²) in [5, 5.41) is 21.3. The van der Waals surface area contributed by atoms with E-state index in [1.165, 1.54) is 19.4 Å². The zero-order chi connectivity index (χ0) is 12.3. The minimum atomic E-state index is -0.532. The first-order valence-corrected chi connectivity index (χ1v) is 5.03. The minimum absolute atomic E-state index is 0.0610. The van der Waals surface area contributed by atoms with Crippen molar-refractivity contribution in [3.63, 3.8) is 0 Å². The Morgan fingerprint density at radius 3 is 2.50 bits per heavy atom. The number of methoxy groups -OCH3 is 1. The highest BCUT2D eigenvalue weighted by Crippen LogP contribution is 2.21. The number of phenolic OH excluding ortho intramolecular Hbond substituents is 1. The van der Waals surface area contributed by atoms with Crippen LogP contribution in [0.1, 0.15) is 26.3 Å². The molecule has 1 aromatic carbocycles. The molecule has 0 aliphatic rings. The Morgan fingerprint density at radius 2 is 2.00 bits per heavy atom. The molecule has 16 heavy (non-hydrogen) atoms. The van der Waals surface area contributed by atoms with Crippen LogP contribution in [0.3, 0.4) is 0 Å². The highest BCUT2D eigenvalue weighted by atomic mass is 16.5. The van der Waals surface area contributed by atoms with Crippen LogP contribution >= 0.6 is 0 Å². The third-order valence-corrected chi connectivity index (χ3v) is 2.15. The lowest BCUT2D eigenvalue weighted by Gasteiger charge is -2.18. The van der Waals surface area contributed by atoms with Crippen molar-refractivity contribution in [3.8, 4) is 11.5 Å². The average molecular weight is 223 g/mol. The topological polar surface area (TPSA) is 55.5 Å². The number of aromatic hydroxyl groups is 1. The van der Waals surface area contributed by atoms with Gasteiger partial charge in [0.15, 0.2) is 11.8 Å². The summed E-state index contributed by atoms with van der Waals surface area (Å²) in [5.41, 5.74) is -0.0838. The monoisotopic (exact) mass is 223 g/mol. The van der Waals surface area contributed by atoms with E-state index in [0.717, 1.165) is 4.74 Å². The maximum Gasteiger partial charge on any atom is 0.186 e. The summed E-state index contributed by atoms with van der Waals surface area (Å²) in [5.74, 6) is 0.664. The molecule has 0 saturated heterocycles. The maximum atomic E-state index is 11.7. The first-order valence-electron chi connectivity index (χ1n) is 5.03. The van der Waals surface area contributed by atoms with E-state index in [2.05, 4.69) is 0 Å². The van der Waals surface area contributed by atoms with Gasteiger partial charge in [0.05, 0.1) is 12.7 Å². The lowest BCUT2D eigenvalue weighted by molar-refractivity contribution is -0.530. The van der Waals surface area contributed by atoms with Gasteiger partial charge in [-0.25, -0.2) is 4.74 Å². The molecule has 0 amide bonds. The zero-order valence-electron chi connectivity index (χ0n) is 10.0. The summed E-state index contributed by atoms with van der Waals surface area (Å²) in [6.07, 6.45) is 1.36. The second kappa shape index (κ2) is 4.43. The van der Waals surface area contributed by atoms with Gasteiger partial charge >= 0.3 is 0 Å². The predicted molar refractivity (Wildman–Crippen MR) is 63.2 cm³/mol. The van der Waals surface area contributed by atoms with E-state index >= 15 is 0 Å². The maximum absolute atomic E-state index is 11.7. The van der Waals surface area contributed by atoms with E-state index in [4.69, 9.17) is 4.74 Å². The van der Waals surface area contributed by atoms with Crippen molar-refractivity contribution in [2.24, 2.45) is 0 Å². The van der Waals surface area contributed by atoms with Crippen LogP contribution in [-0.2, 0) is 0 Å². The molecule has 0 aliphatic carbocycles. The van der Waals surface area contributed by atoms with E-state index < -0.39 is 5.54 Å². The number of rotatable bonds is 2. The van der Waals surface area contributed by atoms with Crippen LogP contribution < -0.4 is 4.74 Å². The fraction of sp³-hybridized carbons (Fsp3) is 0.417. The Balaban J connectivity index is 3.14. The van der Waals surface area contributed by atoms with Crippen molar-refractivity contribution in [2.75, 3.05) is 7.11 Å². The van der Waals surface area contributed by atoms with Gasteiger partial charge in [0, 0.05) is 20.8 Å². The van der Waals surface area contributed by atoms with Crippen LogP contribution in [0.5, 0.6) is 11.5 Å². The summed E-state index contributed by atoms with van der Waals surface area (Å²) in [6, 6.07) is 4.76. The van der Waals surface area contributed by atoms with Crippen molar-refractivity contribution >= 4 is 6.21 Å². The van der Waals surface area contributed by atoms with E-state index in [1.54, 1.807) is 32.9 Å². The Labute approximate surface area is 95.4 Å². The molecule has 0 saturated carbocycles. The summed E-state index contributed by atoms with van der Waals surface area (Å²) in [6.45, 7) is 5.40. The molecule has 4 heteroatoms. The average Bonchev–Trinajstić information content (AvgIpc) is 2.19. The zero-order valence-corrected chi connectivity index (χ0v) is 10.0. The molecule has 0 atom stereocenters. The van der Waals surface area contributed by atoms with Crippen molar-refractivity contribution in [1.29, 1.82) is 0 Å². The normalized spacial score (nSPS) is 12.6. The minimum Gasteiger partial charge on any atom is -0.623 e. The van der Waals surface area contributed by atoms with Crippen LogP contribution in [0.25, 0.3) is 0 Å². The van der Waals surface area contributed by atoms with E-state index in [0.29, 0.717) is 11.3 Å². The predicted octanol–water partition coefficient (Wildman–Crippen LogP) is 2.13. The molecule has 1 aromatic rings. The smallest absolute Gasteiger partial charge is 0.186 e. The number of benzene rings is 1. The third-order valence-electron chi connectivity index (χ3n) is 2.15. The Bertz CT molecular complexity index is 405. The van der Waals surface area contributed by atoms with Gasteiger partial charge in [-0.2, -0.15) is 0 Å². The Hall–Kier alpha value is -1.71. The van der Waals surface area contributed by atoms with Gasteiger partial charge in [-0.05, 0) is 18.2 Å². The van der Waals surface area contributed by atoms with Gasteiger partial charge in [-0.3, -0.25) is 0 Å². The Kier molecular flexibility index (Phi) is 3.42. The molecule has 0 fully saturated rings. The summed E-state index contributed by atoms with van der Waals surface area (Å²) < 4.78 is 5.83. The fourth-order valence-corrected chi connectivity index (χ4v) is 1.08. The van der Waals surface area contributed by atoms with Crippen LogP contribution in [0, 0.1) is 5.21 Å². The highest BCUT2D eigenvalue weighted by molar-refractivity contribution is 5.80. The first-order chi connectivity index (χ1) is 7.34. The van der Waals surface area contributed by atoms with Crippen molar-refractivity contribution in [3.05, 3.63) is 29.0 Å². The Morgan fingerprint density at radius 1 is 1.38 bits per heavy atom. The number of phenols is 1. The van der Waals surface area contributed by atoms with Crippen LogP contribution in [0.4, 0.5) is 0 Å². The third kappa shape index (κ3) is 2.89. The molecule has 0 aliphatic heterocycles. The first kappa shape index (κ1) is 12.4. The lowest BCUT2D eigenvalue weighted by Crippen LogP contribution is -2.29. The second-order valence-electron chi connectivity index (χ2n) is 4.55. The van der Waals surface area contributed by atoms with E-state index in [9.17, 15) is 10.3 Å². The molecule has 0 bridgehead atoms. The van der Waals surface area contributed by atoms with E-state index in [-0.39, 0.29) is 5.75 Å². The molecule has 0 unspecified atom stereocenters. The van der Waals surface area contributed by atoms with Crippen LogP contribution in [-0.4, -0.2) is 28.7 Å². The van der Waals surface area contributed by atoms with Crippen molar-refractivity contribution in [2.45, 2.75) is 26.3 Å². The van der Waals surface area contributed by atoms with Gasteiger partial charge < -0.3 is 15.1 Å². The highest BCUT2D eigenvalue weighted by Gasteiger charge is 2.18. The van der Waals surface area contributed by atoms with E-state index in [1.807, 2.05) is 0 Å². The number of ether oxygens (including phenoxy) is 1.